The van der Waals surface area contributed by atoms with Gasteiger partial charge in [0.25, 0.3) is 0 Å². The number of aromatic nitrogens is 3. The standard InChI is InChI=1S/C16H25N3O3Si/c1-7-21-15(20)12-8-9-13-17-18-14(19(13)10-12)11-22-23(5,6)16(2,3)4/h8-10H,7,11H2,1-6H3. The van der Waals surface area contributed by atoms with Gasteiger partial charge in [-0.15, -0.1) is 10.2 Å². The van der Waals surface area contributed by atoms with Crippen molar-refractivity contribution in [3.8, 4) is 0 Å². The first-order chi connectivity index (χ1) is 10.7. The third-order valence-corrected chi connectivity index (χ3v) is 8.83. The van der Waals surface area contributed by atoms with Crippen LogP contribution in [0.25, 0.3) is 5.65 Å². The Hall–Kier alpha value is -1.73. The Labute approximate surface area is 137 Å². The molecule has 0 aliphatic rings. The van der Waals surface area contributed by atoms with E-state index in [2.05, 4.69) is 44.1 Å². The van der Waals surface area contributed by atoms with E-state index in [1.807, 2.05) is 0 Å². The molecule has 0 N–H and O–H groups in total. The summed E-state index contributed by atoms with van der Waals surface area (Å²) in [6.45, 7) is 13.5. The minimum Gasteiger partial charge on any atom is -0.462 e. The van der Waals surface area contributed by atoms with Gasteiger partial charge in [-0.25, -0.2) is 4.79 Å². The number of esters is 1. The average Bonchev–Trinajstić information content (AvgIpc) is 2.86. The molecule has 7 heteroatoms. The maximum atomic E-state index is 11.9. The molecule has 0 saturated heterocycles. The average molecular weight is 335 g/mol. The van der Waals surface area contributed by atoms with Gasteiger partial charge in [-0.3, -0.25) is 4.40 Å². The SMILES string of the molecule is CCOC(=O)c1ccc2nnc(CO[Si](C)(C)C(C)(C)C)n2c1. The van der Waals surface area contributed by atoms with Crippen LogP contribution in [0, 0.1) is 0 Å². The lowest BCUT2D eigenvalue weighted by atomic mass is 10.2. The van der Waals surface area contributed by atoms with Gasteiger partial charge >= 0.3 is 5.97 Å². The molecule has 2 heterocycles. The molecule has 2 rings (SSSR count). The molecule has 0 aliphatic heterocycles. The van der Waals surface area contributed by atoms with Gasteiger partial charge in [0.2, 0.25) is 0 Å². The maximum Gasteiger partial charge on any atom is 0.339 e. The van der Waals surface area contributed by atoms with Crippen LogP contribution in [0.2, 0.25) is 18.1 Å². The number of nitrogens with zero attached hydrogens (tertiary/aromatic N) is 3. The minimum atomic E-state index is -1.87. The van der Waals surface area contributed by atoms with E-state index in [0.29, 0.717) is 30.2 Å². The molecule has 2 aromatic rings. The second kappa shape index (κ2) is 6.41. The smallest absolute Gasteiger partial charge is 0.339 e. The number of rotatable bonds is 5. The van der Waals surface area contributed by atoms with Crippen LogP contribution >= 0.6 is 0 Å². The summed E-state index contributed by atoms with van der Waals surface area (Å²) < 4.78 is 13.0. The Morgan fingerprint density at radius 2 is 1.96 bits per heavy atom. The van der Waals surface area contributed by atoms with Crippen molar-refractivity contribution in [3.63, 3.8) is 0 Å². The van der Waals surface area contributed by atoms with Crippen molar-refractivity contribution in [1.29, 1.82) is 0 Å². The Bertz CT molecular complexity index is 704. The third kappa shape index (κ3) is 3.79. The van der Waals surface area contributed by atoms with E-state index in [-0.39, 0.29) is 11.0 Å². The number of pyridine rings is 1. The van der Waals surface area contributed by atoms with Gasteiger partial charge in [0.15, 0.2) is 19.8 Å². The minimum absolute atomic E-state index is 0.129. The molecular weight excluding hydrogens is 310 g/mol. The van der Waals surface area contributed by atoms with E-state index in [4.69, 9.17) is 9.16 Å². The lowest BCUT2D eigenvalue weighted by molar-refractivity contribution is 0.0525. The van der Waals surface area contributed by atoms with E-state index >= 15 is 0 Å². The summed E-state index contributed by atoms with van der Waals surface area (Å²) in [5.74, 6) is 0.343. The third-order valence-electron chi connectivity index (χ3n) is 4.35. The lowest BCUT2D eigenvalue weighted by Gasteiger charge is -2.35. The van der Waals surface area contributed by atoms with Gasteiger partial charge in [0.1, 0.15) is 0 Å². The first kappa shape index (κ1) is 17.6. The van der Waals surface area contributed by atoms with Crippen molar-refractivity contribution in [2.45, 2.75) is 52.4 Å². The number of hydrogen-bond donors (Lipinski definition) is 0. The largest absolute Gasteiger partial charge is 0.462 e. The summed E-state index contributed by atoms with van der Waals surface area (Å²) >= 11 is 0. The molecule has 0 saturated carbocycles. The van der Waals surface area contributed by atoms with Gasteiger partial charge in [-0.1, -0.05) is 20.8 Å². The zero-order chi connectivity index (χ0) is 17.3. The fourth-order valence-electron chi connectivity index (χ4n) is 1.83. The molecule has 0 spiro atoms. The van der Waals surface area contributed by atoms with Crippen LogP contribution in [-0.4, -0.2) is 35.5 Å². The predicted molar refractivity (Wildman–Crippen MR) is 90.9 cm³/mol. The molecule has 0 atom stereocenters. The van der Waals surface area contributed by atoms with Gasteiger partial charge in [0, 0.05) is 6.20 Å². The zero-order valence-corrected chi connectivity index (χ0v) is 15.7. The van der Waals surface area contributed by atoms with Gasteiger partial charge in [0.05, 0.1) is 18.8 Å². The molecule has 23 heavy (non-hydrogen) atoms. The number of hydrogen-bond acceptors (Lipinski definition) is 5. The van der Waals surface area contributed by atoms with Gasteiger partial charge in [-0.05, 0) is 37.2 Å². The van der Waals surface area contributed by atoms with Crippen molar-refractivity contribution < 1.29 is 14.0 Å². The Morgan fingerprint density at radius 1 is 1.26 bits per heavy atom. The quantitative estimate of drug-likeness (QED) is 0.618. The second-order valence-electron chi connectivity index (χ2n) is 7.03. The zero-order valence-electron chi connectivity index (χ0n) is 14.7. The number of fused-ring (bicyclic) bond motifs is 1. The molecule has 0 unspecified atom stereocenters. The van der Waals surface area contributed by atoms with Crippen LogP contribution in [-0.2, 0) is 15.8 Å². The molecule has 0 amide bonds. The molecule has 0 aromatic carbocycles. The van der Waals surface area contributed by atoms with E-state index < -0.39 is 8.32 Å². The summed E-state index contributed by atoms with van der Waals surface area (Å²) in [5.41, 5.74) is 1.17. The highest BCUT2D eigenvalue weighted by molar-refractivity contribution is 6.74. The highest BCUT2D eigenvalue weighted by atomic mass is 28.4. The molecule has 2 aromatic heterocycles. The topological polar surface area (TPSA) is 65.7 Å². The monoisotopic (exact) mass is 335 g/mol. The molecule has 0 radical (unpaired) electrons. The first-order valence-corrected chi connectivity index (χ1v) is 10.7. The van der Waals surface area contributed by atoms with Crippen LogP contribution < -0.4 is 0 Å². The normalized spacial score (nSPS) is 12.6. The van der Waals surface area contributed by atoms with Crippen molar-refractivity contribution in [3.05, 3.63) is 29.7 Å². The van der Waals surface area contributed by atoms with Gasteiger partial charge in [-0.2, -0.15) is 0 Å². The van der Waals surface area contributed by atoms with Crippen LogP contribution in [0.15, 0.2) is 18.3 Å². The highest BCUT2D eigenvalue weighted by Crippen LogP contribution is 2.36. The predicted octanol–water partition coefficient (Wildman–Crippen LogP) is 3.43. The maximum absolute atomic E-state index is 11.9. The summed E-state index contributed by atoms with van der Waals surface area (Å²) in [7, 11) is -1.87. The van der Waals surface area contributed by atoms with Gasteiger partial charge < -0.3 is 9.16 Å². The highest BCUT2D eigenvalue weighted by Gasteiger charge is 2.37. The fourth-order valence-corrected chi connectivity index (χ4v) is 2.76. The van der Waals surface area contributed by atoms with Crippen molar-refractivity contribution in [2.24, 2.45) is 0 Å². The van der Waals surface area contributed by atoms with Crippen molar-refractivity contribution >= 4 is 19.9 Å². The number of ether oxygens (including phenoxy) is 1. The molecule has 126 valence electrons. The van der Waals surface area contributed by atoms with Crippen molar-refractivity contribution in [2.75, 3.05) is 6.61 Å². The summed E-state index contributed by atoms with van der Waals surface area (Å²) in [5, 5.41) is 8.44. The van der Waals surface area contributed by atoms with E-state index in [1.165, 1.54) is 0 Å². The Balaban J connectivity index is 2.25. The number of carbonyl (C=O) groups is 1. The van der Waals surface area contributed by atoms with E-state index in [9.17, 15) is 4.79 Å². The Morgan fingerprint density at radius 3 is 2.57 bits per heavy atom. The molecule has 0 bridgehead atoms. The van der Waals surface area contributed by atoms with Crippen LogP contribution in [0.5, 0.6) is 0 Å². The first-order valence-electron chi connectivity index (χ1n) is 7.80. The van der Waals surface area contributed by atoms with E-state index in [0.717, 1.165) is 0 Å². The molecular formula is C16H25N3O3Si. The molecule has 0 fully saturated rings. The van der Waals surface area contributed by atoms with Crippen LogP contribution in [0.4, 0.5) is 0 Å². The number of carbonyl (C=O) groups excluding carboxylic acids is 1. The van der Waals surface area contributed by atoms with Crippen molar-refractivity contribution in [1.82, 2.24) is 14.6 Å². The summed E-state index contributed by atoms with van der Waals surface area (Å²) in [6.07, 6.45) is 1.71. The summed E-state index contributed by atoms with van der Waals surface area (Å²) in [6, 6.07) is 3.45. The molecule has 6 nitrogen and oxygen atoms in total. The van der Waals surface area contributed by atoms with Crippen LogP contribution in [0.3, 0.4) is 0 Å². The fraction of sp³-hybridized carbons (Fsp3) is 0.562. The molecule has 0 aliphatic carbocycles. The Kier molecular flexibility index (Phi) is 4.91. The summed E-state index contributed by atoms with van der Waals surface area (Å²) in [4.78, 5) is 11.9. The lowest BCUT2D eigenvalue weighted by Crippen LogP contribution is -2.40. The van der Waals surface area contributed by atoms with E-state index in [1.54, 1.807) is 29.7 Å². The second-order valence-corrected chi connectivity index (χ2v) is 11.8. The van der Waals surface area contributed by atoms with Crippen LogP contribution in [0.1, 0.15) is 43.9 Å².